The molecule has 0 aromatic heterocycles. The van der Waals surface area contributed by atoms with Gasteiger partial charge >= 0.3 is 0 Å². The Balaban J connectivity index is 1.78. The van der Waals surface area contributed by atoms with E-state index in [0.717, 1.165) is 29.9 Å². The Hall–Kier alpha value is -2.69. The molecular weight excluding hydrogens is 356 g/mol. The maximum absolute atomic E-state index is 11.4. The predicted molar refractivity (Wildman–Crippen MR) is 110 cm³/mol. The van der Waals surface area contributed by atoms with Gasteiger partial charge < -0.3 is 19.3 Å². The SMILES string of the molecule is COc1ccccc1OCCCCOc1ccc(CC(C)C(C)=O)c(O)c1C. The molecule has 0 fully saturated rings. The van der Waals surface area contributed by atoms with Crippen LogP contribution in [0.5, 0.6) is 23.0 Å². The number of carbonyl (C=O) groups excluding carboxylic acids is 1. The average molecular weight is 386 g/mol. The van der Waals surface area contributed by atoms with E-state index in [1.807, 2.05) is 50.2 Å². The molecule has 1 atom stereocenters. The van der Waals surface area contributed by atoms with Gasteiger partial charge in [-0.25, -0.2) is 0 Å². The number of carbonyl (C=O) groups is 1. The van der Waals surface area contributed by atoms with Gasteiger partial charge in [0.05, 0.1) is 20.3 Å². The van der Waals surface area contributed by atoms with Crippen LogP contribution in [0, 0.1) is 12.8 Å². The van der Waals surface area contributed by atoms with Crippen LogP contribution in [0.1, 0.15) is 37.8 Å². The lowest BCUT2D eigenvalue weighted by Gasteiger charge is -2.15. The normalized spacial score (nSPS) is 11.7. The summed E-state index contributed by atoms with van der Waals surface area (Å²) in [6.07, 6.45) is 2.21. The molecule has 5 nitrogen and oxygen atoms in total. The number of benzene rings is 2. The van der Waals surface area contributed by atoms with E-state index < -0.39 is 0 Å². The first-order chi connectivity index (χ1) is 13.4. The largest absolute Gasteiger partial charge is 0.507 e. The van der Waals surface area contributed by atoms with Crippen LogP contribution in [0.4, 0.5) is 0 Å². The van der Waals surface area contributed by atoms with Gasteiger partial charge in [-0.1, -0.05) is 25.1 Å². The molecule has 0 aliphatic heterocycles. The molecule has 0 radical (unpaired) electrons. The number of unbranched alkanes of at least 4 members (excludes halogenated alkanes) is 1. The number of ketones is 1. The van der Waals surface area contributed by atoms with Gasteiger partial charge in [0.2, 0.25) is 0 Å². The summed E-state index contributed by atoms with van der Waals surface area (Å²) < 4.78 is 16.8. The lowest BCUT2D eigenvalue weighted by atomic mass is 9.95. The zero-order valence-corrected chi connectivity index (χ0v) is 17.2. The van der Waals surface area contributed by atoms with E-state index in [1.54, 1.807) is 14.0 Å². The first kappa shape index (κ1) is 21.6. The maximum Gasteiger partial charge on any atom is 0.161 e. The Kier molecular flexibility index (Phi) is 8.18. The van der Waals surface area contributed by atoms with E-state index in [1.165, 1.54) is 0 Å². The number of phenols is 1. The zero-order valence-electron chi connectivity index (χ0n) is 17.2. The molecule has 0 spiro atoms. The number of ether oxygens (including phenoxy) is 3. The standard InChI is InChI=1S/C23H30O5/c1-16(18(3)24)15-19-11-12-20(17(2)23(19)25)27-13-7-8-14-28-22-10-6-5-9-21(22)26-4/h5-6,9-12,16,25H,7-8,13-15H2,1-4H3. The monoisotopic (exact) mass is 386 g/mol. The molecule has 28 heavy (non-hydrogen) atoms. The summed E-state index contributed by atoms with van der Waals surface area (Å²) >= 11 is 0. The summed E-state index contributed by atoms with van der Waals surface area (Å²) in [4.78, 5) is 11.4. The summed E-state index contributed by atoms with van der Waals surface area (Å²) in [5.74, 6) is 2.35. The summed E-state index contributed by atoms with van der Waals surface area (Å²) in [7, 11) is 1.62. The van der Waals surface area contributed by atoms with Crippen LogP contribution in [-0.2, 0) is 11.2 Å². The van der Waals surface area contributed by atoms with Crippen molar-refractivity contribution < 1.29 is 24.1 Å². The molecule has 1 unspecified atom stereocenters. The quantitative estimate of drug-likeness (QED) is 0.566. The van der Waals surface area contributed by atoms with Crippen LogP contribution in [-0.4, -0.2) is 31.2 Å². The molecule has 0 amide bonds. The van der Waals surface area contributed by atoms with E-state index in [9.17, 15) is 9.90 Å². The highest BCUT2D eigenvalue weighted by atomic mass is 16.5. The van der Waals surface area contributed by atoms with Crippen LogP contribution in [0.3, 0.4) is 0 Å². The van der Waals surface area contributed by atoms with E-state index >= 15 is 0 Å². The van der Waals surface area contributed by atoms with Crippen LogP contribution < -0.4 is 14.2 Å². The number of hydrogen-bond donors (Lipinski definition) is 1. The second-order valence-corrected chi connectivity index (χ2v) is 6.97. The van der Waals surface area contributed by atoms with Crippen molar-refractivity contribution in [1.82, 2.24) is 0 Å². The van der Waals surface area contributed by atoms with Gasteiger partial charge in [0.15, 0.2) is 11.5 Å². The van der Waals surface area contributed by atoms with E-state index in [4.69, 9.17) is 14.2 Å². The van der Waals surface area contributed by atoms with Crippen LogP contribution >= 0.6 is 0 Å². The maximum atomic E-state index is 11.4. The lowest BCUT2D eigenvalue weighted by molar-refractivity contribution is -0.120. The van der Waals surface area contributed by atoms with Crippen molar-refractivity contribution in [2.24, 2.45) is 5.92 Å². The van der Waals surface area contributed by atoms with Gasteiger partial charge in [0.25, 0.3) is 0 Å². The minimum atomic E-state index is -0.111. The van der Waals surface area contributed by atoms with E-state index in [-0.39, 0.29) is 17.5 Å². The van der Waals surface area contributed by atoms with Crippen molar-refractivity contribution in [2.45, 2.75) is 40.0 Å². The summed E-state index contributed by atoms with van der Waals surface area (Å²) in [6.45, 7) is 6.39. The second-order valence-electron chi connectivity index (χ2n) is 6.97. The van der Waals surface area contributed by atoms with E-state index in [2.05, 4.69) is 0 Å². The van der Waals surface area contributed by atoms with Gasteiger partial charge in [0, 0.05) is 11.5 Å². The van der Waals surface area contributed by atoms with Crippen LogP contribution in [0.25, 0.3) is 0 Å². The van der Waals surface area contributed by atoms with Crippen molar-refractivity contribution in [3.8, 4) is 23.0 Å². The van der Waals surface area contributed by atoms with Gasteiger partial charge in [0.1, 0.15) is 17.3 Å². The van der Waals surface area contributed by atoms with Gasteiger partial charge in [-0.05, 0) is 56.9 Å². The smallest absolute Gasteiger partial charge is 0.161 e. The average Bonchev–Trinajstić information content (AvgIpc) is 2.69. The third kappa shape index (κ3) is 5.91. The molecule has 152 valence electrons. The molecule has 5 heteroatoms. The minimum Gasteiger partial charge on any atom is -0.507 e. The summed E-state index contributed by atoms with van der Waals surface area (Å²) in [6, 6.07) is 11.3. The number of Topliss-reactive ketones (excluding diaryl/α,β-unsaturated/α-hetero) is 1. The Morgan fingerprint density at radius 1 is 1.00 bits per heavy atom. The van der Waals surface area contributed by atoms with Crippen molar-refractivity contribution in [1.29, 1.82) is 0 Å². The van der Waals surface area contributed by atoms with E-state index in [0.29, 0.717) is 30.9 Å². The highest BCUT2D eigenvalue weighted by Gasteiger charge is 2.15. The highest BCUT2D eigenvalue weighted by Crippen LogP contribution is 2.32. The molecule has 0 heterocycles. The molecule has 0 saturated carbocycles. The van der Waals surface area contributed by atoms with Crippen LogP contribution in [0.15, 0.2) is 36.4 Å². The molecule has 0 aliphatic carbocycles. The molecule has 0 bridgehead atoms. The third-order valence-corrected chi connectivity index (χ3v) is 4.81. The predicted octanol–water partition coefficient (Wildman–Crippen LogP) is 4.71. The third-order valence-electron chi connectivity index (χ3n) is 4.81. The number of aromatic hydroxyl groups is 1. The van der Waals surface area contributed by atoms with Gasteiger partial charge in [-0.2, -0.15) is 0 Å². The number of methoxy groups -OCH3 is 1. The minimum absolute atomic E-state index is 0.111. The lowest BCUT2D eigenvalue weighted by Crippen LogP contribution is -2.10. The van der Waals surface area contributed by atoms with Crippen molar-refractivity contribution >= 4 is 5.78 Å². The Morgan fingerprint density at radius 3 is 2.21 bits per heavy atom. The van der Waals surface area contributed by atoms with Gasteiger partial charge in [-0.3, -0.25) is 4.79 Å². The summed E-state index contributed by atoms with van der Waals surface area (Å²) in [5, 5.41) is 10.4. The number of rotatable bonds is 11. The fraction of sp³-hybridized carbons (Fsp3) is 0.435. The number of para-hydroxylation sites is 2. The number of phenolic OH excluding ortho intramolecular Hbond substituents is 1. The fourth-order valence-corrected chi connectivity index (χ4v) is 2.84. The molecule has 0 saturated heterocycles. The molecule has 0 aliphatic rings. The van der Waals surface area contributed by atoms with Gasteiger partial charge in [-0.15, -0.1) is 0 Å². The number of hydrogen-bond acceptors (Lipinski definition) is 5. The van der Waals surface area contributed by atoms with Crippen molar-refractivity contribution in [3.63, 3.8) is 0 Å². The van der Waals surface area contributed by atoms with Crippen molar-refractivity contribution in [2.75, 3.05) is 20.3 Å². The summed E-state index contributed by atoms with van der Waals surface area (Å²) in [5.41, 5.74) is 1.48. The first-order valence-corrected chi connectivity index (χ1v) is 9.64. The van der Waals surface area contributed by atoms with Crippen molar-refractivity contribution in [3.05, 3.63) is 47.5 Å². The molecule has 2 rings (SSSR count). The Labute approximate surface area is 167 Å². The Morgan fingerprint density at radius 2 is 1.61 bits per heavy atom. The van der Waals surface area contributed by atoms with Crippen LogP contribution in [0.2, 0.25) is 0 Å². The topological polar surface area (TPSA) is 65.0 Å². The first-order valence-electron chi connectivity index (χ1n) is 9.64. The fourth-order valence-electron chi connectivity index (χ4n) is 2.84. The molecule has 2 aromatic rings. The molecular formula is C23H30O5. The Bertz CT molecular complexity index is 785. The zero-order chi connectivity index (χ0) is 20.5. The molecule has 1 N–H and O–H groups in total. The second kappa shape index (κ2) is 10.6. The highest BCUT2D eigenvalue weighted by molar-refractivity contribution is 5.78. The molecule has 2 aromatic carbocycles.